The summed E-state index contributed by atoms with van der Waals surface area (Å²) >= 11 is 0. The second-order valence-electron chi connectivity index (χ2n) is 6.73. The number of esters is 1. The van der Waals surface area contributed by atoms with E-state index in [0.29, 0.717) is 17.2 Å². The Bertz CT molecular complexity index is 999. The Hall–Kier alpha value is -3.15. The number of hydrogen-bond donors (Lipinski definition) is 0. The molecule has 3 rings (SSSR count). The minimum atomic E-state index is -0.667. The summed E-state index contributed by atoms with van der Waals surface area (Å²) in [7, 11) is 0. The van der Waals surface area contributed by atoms with E-state index < -0.39 is 5.97 Å². The molecule has 1 aromatic carbocycles. The number of nitrogens with zero attached hydrogens (tertiary/aromatic N) is 2. The topological polar surface area (TPSA) is 74.3 Å². The quantitative estimate of drug-likeness (QED) is 0.445. The van der Waals surface area contributed by atoms with Gasteiger partial charge in [0.05, 0.1) is 0 Å². The predicted molar refractivity (Wildman–Crippen MR) is 105 cm³/mol. The van der Waals surface area contributed by atoms with Crippen LogP contribution in [-0.2, 0) is 11.3 Å². The molecular formula is C22H24N2O4. The van der Waals surface area contributed by atoms with E-state index in [1.807, 2.05) is 50.2 Å². The van der Waals surface area contributed by atoms with Crippen molar-refractivity contribution >= 4 is 11.8 Å². The molecule has 2 aromatic heterocycles. The molecule has 0 unspecified atom stereocenters. The number of hydrogen-bond acceptors (Lipinski definition) is 5. The van der Waals surface area contributed by atoms with Crippen LogP contribution in [0.4, 0.5) is 0 Å². The second-order valence-corrected chi connectivity index (χ2v) is 6.73. The van der Waals surface area contributed by atoms with Crippen molar-refractivity contribution in [1.29, 1.82) is 0 Å². The molecule has 0 fully saturated rings. The van der Waals surface area contributed by atoms with Crippen molar-refractivity contribution in [3.05, 3.63) is 64.8 Å². The maximum atomic E-state index is 12.5. The van der Waals surface area contributed by atoms with Crippen LogP contribution in [0.2, 0.25) is 0 Å². The van der Waals surface area contributed by atoms with Gasteiger partial charge in [0.15, 0.2) is 12.3 Å². The number of carbonyl (C=O) groups excluding carboxylic acids is 2. The van der Waals surface area contributed by atoms with Crippen LogP contribution in [0, 0.1) is 20.8 Å². The van der Waals surface area contributed by atoms with Crippen molar-refractivity contribution in [3.8, 4) is 11.5 Å². The van der Waals surface area contributed by atoms with Gasteiger partial charge in [0.2, 0.25) is 11.7 Å². The Kier molecular flexibility index (Phi) is 5.78. The van der Waals surface area contributed by atoms with Crippen LogP contribution in [0.3, 0.4) is 0 Å². The molecule has 0 radical (unpaired) electrons. The van der Waals surface area contributed by atoms with E-state index in [2.05, 4.69) is 16.5 Å². The highest BCUT2D eigenvalue weighted by Gasteiger charge is 2.22. The van der Waals surface area contributed by atoms with Crippen molar-refractivity contribution in [1.82, 2.24) is 9.55 Å². The molecule has 0 spiro atoms. The van der Waals surface area contributed by atoms with Crippen LogP contribution in [0.1, 0.15) is 51.3 Å². The van der Waals surface area contributed by atoms with E-state index in [1.165, 1.54) is 0 Å². The average molecular weight is 380 g/mol. The predicted octanol–water partition coefficient (Wildman–Crippen LogP) is 4.52. The van der Waals surface area contributed by atoms with Gasteiger partial charge < -0.3 is 13.7 Å². The number of aryl methyl sites for hydroxylation is 2. The van der Waals surface area contributed by atoms with Crippen LogP contribution in [0.5, 0.6) is 0 Å². The van der Waals surface area contributed by atoms with E-state index in [4.69, 9.17) is 9.15 Å². The van der Waals surface area contributed by atoms with Gasteiger partial charge in [-0.2, -0.15) is 0 Å². The van der Waals surface area contributed by atoms with E-state index in [0.717, 1.165) is 29.9 Å². The lowest BCUT2D eigenvalue weighted by Crippen LogP contribution is -2.16. The number of rotatable bonds is 7. The van der Waals surface area contributed by atoms with E-state index >= 15 is 0 Å². The average Bonchev–Trinajstić information content (AvgIpc) is 3.22. The molecule has 0 saturated heterocycles. The number of ketones is 1. The van der Waals surface area contributed by atoms with Crippen LogP contribution in [-0.4, -0.2) is 27.9 Å². The lowest BCUT2D eigenvalue weighted by molar-refractivity contribution is 0.0467. The fourth-order valence-electron chi connectivity index (χ4n) is 3.22. The normalized spacial score (nSPS) is 10.9. The van der Waals surface area contributed by atoms with Crippen LogP contribution in [0.15, 0.2) is 40.8 Å². The molecule has 6 heteroatoms. The monoisotopic (exact) mass is 380 g/mol. The van der Waals surface area contributed by atoms with E-state index in [1.54, 1.807) is 6.92 Å². The zero-order valence-corrected chi connectivity index (χ0v) is 16.6. The Balaban J connectivity index is 1.70. The molecule has 146 valence electrons. The number of oxazole rings is 1. The smallest absolute Gasteiger partial charge is 0.361 e. The summed E-state index contributed by atoms with van der Waals surface area (Å²) in [4.78, 5) is 29.2. The Labute approximate surface area is 164 Å². The van der Waals surface area contributed by atoms with Gasteiger partial charge in [-0.25, -0.2) is 9.78 Å². The highest BCUT2D eigenvalue weighted by molar-refractivity contribution is 6.00. The summed E-state index contributed by atoms with van der Waals surface area (Å²) in [6.45, 7) is 8.14. The van der Waals surface area contributed by atoms with E-state index in [-0.39, 0.29) is 18.1 Å². The number of aromatic nitrogens is 2. The third kappa shape index (κ3) is 3.91. The summed E-state index contributed by atoms with van der Waals surface area (Å²) < 4.78 is 12.9. The Morgan fingerprint density at radius 1 is 1.14 bits per heavy atom. The summed E-state index contributed by atoms with van der Waals surface area (Å²) in [6.07, 6.45) is 0.980. The molecule has 2 heterocycles. The standard InChI is InChI=1S/C22H24N2O4/c1-5-11-24-14(2)12-18(15(24)3)19(25)13-27-22(26)20-16(4)28-21(23-20)17-9-7-6-8-10-17/h6-10,12H,5,11,13H2,1-4H3. The fourth-order valence-corrected chi connectivity index (χ4v) is 3.22. The summed E-state index contributed by atoms with van der Waals surface area (Å²) in [5, 5.41) is 0. The first kappa shape index (κ1) is 19.6. The van der Waals surface area contributed by atoms with Crippen molar-refractivity contribution in [2.45, 2.75) is 40.7 Å². The van der Waals surface area contributed by atoms with Gasteiger partial charge in [-0.15, -0.1) is 0 Å². The van der Waals surface area contributed by atoms with Crippen molar-refractivity contribution in [2.75, 3.05) is 6.61 Å². The van der Waals surface area contributed by atoms with Crippen molar-refractivity contribution < 1.29 is 18.7 Å². The first-order chi connectivity index (χ1) is 13.4. The SMILES string of the molecule is CCCn1c(C)cc(C(=O)COC(=O)c2nc(-c3ccccc3)oc2C)c1C. The van der Waals surface area contributed by atoms with Gasteiger partial charge >= 0.3 is 5.97 Å². The Morgan fingerprint density at radius 2 is 1.86 bits per heavy atom. The highest BCUT2D eigenvalue weighted by atomic mass is 16.5. The number of benzene rings is 1. The highest BCUT2D eigenvalue weighted by Crippen LogP contribution is 2.22. The Morgan fingerprint density at radius 3 is 2.54 bits per heavy atom. The maximum Gasteiger partial charge on any atom is 0.361 e. The molecule has 6 nitrogen and oxygen atoms in total. The molecule has 0 saturated carbocycles. The molecule has 28 heavy (non-hydrogen) atoms. The van der Waals surface area contributed by atoms with Gasteiger partial charge in [0.25, 0.3) is 0 Å². The minimum Gasteiger partial charge on any atom is -0.452 e. The van der Waals surface area contributed by atoms with Crippen LogP contribution in [0.25, 0.3) is 11.5 Å². The molecule has 3 aromatic rings. The number of carbonyl (C=O) groups is 2. The molecule has 0 aliphatic carbocycles. The lowest BCUT2D eigenvalue weighted by atomic mass is 10.1. The summed E-state index contributed by atoms with van der Waals surface area (Å²) in [5.74, 6) is -0.190. The summed E-state index contributed by atoms with van der Waals surface area (Å²) in [5.41, 5.74) is 3.35. The van der Waals surface area contributed by atoms with Crippen LogP contribution < -0.4 is 0 Å². The molecule has 0 amide bonds. The van der Waals surface area contributed by atoms with Gasteiger partial charge in [-0.1, -0.05) is 25.1 Å². The molecule has 0 aliphatic heterocycles. The van der Waals surface area contributed by atoms with Gasteiger partial charge in [-0.05, 0) is 45.4 Å². The van der Waals surface area contributed by atoms with Crippen molar-refractivity contribution in [3.63, 3.8) is 0 Å². The third-order valence-corrected chi connectivity index (χ3v) is 4.67. The molecule has 0 aliphatic rings. The molecule has 0 bridgehead atoms. The fraction of sp³-hybridized carbons (Fsp3) is 0.318. The van der Waals surface area contributed by atoms with Gasteiger partial charge in [-0.3, -0.25) is 4.79 Å². The minimum absolute atomic E-state index is 0.0862. The lowest BCUT2D eigenvalue weighted by Gasteiger charge is -2.07. The second kappa shape index (κ2) is 8.25. The number of Topliss-reactive ketones (excluding diaryl/α,β-unsaturated/α-hetero) is 1. The zero-order valence-electron chi connectivity index (χ0n) is 16.6. The largest absolute Gasteiger partial charge is 0.452 e. The van der Waals surface area contributed by atoms with Gasteiger partial charge in [0.1, 0.15) is 5.76 Å². The first-order valence-electron chi connectivity index (χ1n) is 9.32. The van der Waals surface area contributed by atoms with Crippen LogP contribution >= 0.6 is 0 Å². The summed E-state index contributed by atoms with van der Waals surface area (Å²) in [6, 6.07) is 11.1. The van der Waals surface area contributed by atoms with Crippen molar-refractivity contribution in [2.24, 2.45) is 0 Å². The zero-order chi connectivity index (χ0) is 20.3. The van der Waals surface area contributed by atoms with Gasteiger partial charge in [0, 0.05) is 29.1 Å². The molecule has 0 atom stereocenters. The third-order valence-electron chi connectivity index (χ3n) is 4.67. The maximum absolute atomic E-state index is 12.5. The number of ether oxygens (including phenoxy) is 1. The first-order valence-corrected chi connectivity index (χ1v) is 9.32. The van der Waals surface area contributed by atoms with E-state index in [9.17, 15) is 9.59 Å². The molecule has 0 N–H and O–H groups in total. The molecular weight excluding hydrogens is 356 g/mol.